The van der Waals surface area contributed by atoms with Crippen molar-refractivity contribution < 1.29 is 9.18 Å². The number of amides is 1. The number of nitrogen functional groups attached to an aromatic ring is 1. The number of carbonyl (C=O) groups excluding carboxylic acids is 1. The molecule has 2 unspecified atom stereocenters. The predicted molar refractivity (Wildman–Crippen MR) is 134 cm³/mol. The van der Waals surface area contributed by atoms with Crippen molar-refractivity contribution in [1.29, 1.82) is 0 Å². The number of likely N-dealkylation sites (N-methyl/N-ethyl adjacent to an activating group) is 1. The van der Waals surface area contributed by atoms with Gasteiger partial charge in [-0.25, -0.2) is 13.9 Å². The lowest BCUT2D eigenvalue weighted by Gasteiger charge is -2.55. The monoisotopic (exact) mass is 486 g/mol. The SMILES string of the molecule is CN1CCN(C2C(NC(=O)c3c(N)nn4cc(F)cnc34)CNCC23CCCCCCCC3)CC1. The smallest absolute Gasteiger partial charge is 0.259 e. The number of halogens is 1. The summed E-state index contributed by atoms with van der Waals surface area (Å²) in [6, 6.07) is 0.197. The van der Waals surface area contributed by atoms with Crippen LogP contribution in [0, 0.1) is 11.2 Å². The summed E-state index contributed by atoms with van der Waals surface area (Å²) in [5, 5.41) is 11.1. The highest BCUT2D eigenvalue weighted by Gasteiger charge is 2.48. The van der Waals surface area contributed by atoms with Gasteiger partial charge in [0.15, 0.2) is 17.3 Å². The van der Waals surface area contributed by atoms with Crippen molar-refractivity contribution in [2.45, 2.75) is 63.5 Å². The van der Waals surface area contributed by atoms with E-state index in [9.17, 15) is 9.18 Å². The maximum Gasteiger partial charge on any atom is 0.259 e. The molecular formula is C25H39FN8O. The second kappa shape index (κ2) is 10.4. The summed E-state index contributed by atoms with van der Waals surface area (Å²) < 4.78 is 14.9. The molecule has 2 aliphatic heterocycles. The highest BCUT2D eigenvalue weighted by Crippen LogP contribution is 2.42. The first-order valence-corrected chi connectivity index (χ1v) is 13.2. The van der Waals surface area contributed by atoms with Crippen LogP contribution in [0.1, 0.15) is 61.7 Å². The molecule has 2 aromatic rings. The number of nitrogens with zero attached hydrogens (tertiary/aromatic N) is 5. The number of anilines is 1. The standard InChI is InChI=1S/C25H39FN8O/c1-32-10-12-33(13-11-32)21-19(15-28-17-25(21)8-6-4-2-3-5-7-9-25)30-24(35)20-22(27)31-34-16-18(26)14-29-23(20)34/h14,16,19,21,28H,2-13,15,17H2,1H3,(H2,27,31)(H,30,35). The number of fused-ring (bicyclic) bond motifs is 1. The molecule has 3 fully saturated rings. The molecule has 1 spiro atoms. The van der Waals surface area contributed by atoms with Crippen LogP contribution in [-0.4, -0.2) is 88.7 Å². The molecule has 4 heterocycles. The highest BCUT2D eigenvalue weighted by atomic mass is 19.1. The van der Waals surface area contributed by atoms with Gasteiger partial charge in [-0.2, -0.15) is 0 Å². The lowest BCUT2D eigenvalue weighted by Crippen LogP contribution is -2.70. The van der Waals surface area contributed by atoms with E-state index >= 15 is 0 Å². The Morgan fingerprint density at radius 1 is 1.14 bits per heavy atom. The van der Waals surface area contributed by atoms with Gasteiger partial charge in [-0.05, 0) is 19.9 Å². The lowest BCUT2D eigenvalue weighted by molar-refractivity contribution is -0.0213. The largest absolute Gasteiger partial charge is 0.381 e. The van der Waals surface area contributed by atoms with Crippen molar-refractivity contribution in [2.75, 3.05) is 52.0 Å². The zero-order valence-electron chi connectivity index (χ0n) is 20.8. The third-order valence-corrected chi connectivity index (χ3v) is 8.39. The van der Waals surface area contributed by atoms with Crippen molar-refractivity contribution in [2.24, 2.45) is 5.41 Å². The Kier molecular flexibility index (Phi) is 7.22. The van der Waals surface area contributed by atoms with Crippen LogP contribution in [0.2, 0.25) is 0 Å². The number of nitrogens with two attached hydrogens (primary N) is 1. The van der Waals surface area contributed by atoms with Crippen molar-refractivity contribution in [3.05, 3.63) is 23.8 Å². The van der Waals surface area contributed by atoms with Gasteiger partial charge >= 0.3 is 0 Å². The van der Waals surface area contributed by atoms with E-state index in [2.05, 4.69) is 37.6 Å². The van der Waals surface area contributed by atoms with Crippen molar-refractivity contribution in [3.8, 4) is 0 Å². The maximum atomic E-state index is 13.6. The van der Waals surface area contributed by atoms with Crippen LogP contribution >= 0.6 is 0 Å². The van der Waals surface area contributed by atoms with E-state index < -0.39 is 5.82 Å². The Hall–Kier alpha value is -2.30. The minimum atomic E-state index is -0.527. The Morgan fingerprint density at radius 2 is 1.83 bits per heavy atom. The van der Waals surface area contributed by atoms with Gasteiger partial charge in [0.1, 0.15) is 5.56 Å². The van der Waals surface area contributed by atoms with Gasteiger partial charge in [-0.15, -0.1) is 5.10 Å². The van der Waals surface area contributed by atoms with E-state index in [1.807, 2.05) is 0 Å². The maximum absolute atomic E-state index is 13.6. The number of nitrogens with one attached hydrogen (secondary N) is 2. The van der Waals surface area contributed by atoms with Crippen LogP contribution in [-0.2, 0) is 0 Å². The molecular weight excluding hydrogens is 447 g/mol. The molecule has 1 amide bonds. The van der Waals surface area contributed by atoms with Crippen LogP contribution in [0.15, 0.2) is 12.4 Å². The van der Waals surface area contributed by atoms with Gasteiger partial charge in [-0.3, -0.25) is 9.69 Å². The average Bonchev–Trinajstić information content (AvgIpc) is 3.21. The molecule has 10 heteroatoms. The number of aromatic nitrogens is 3. The van der Waals surface area contributed by atoms with Gasteiger partial charge in [0.05, 0.1) is 18.4 Å². The van der Waals surface area contributed by atoms with Crippen LogP contribution in [0.3, 0.4) is 0 Å². The molecule has 35 heavy (non-hydrogen) atoms. The minimum absolute atomic E-state index is 0.0600. The fraction of sp³-hybridized carbons (Fsp3) is 0.720. The molecule has 9 nitrogen and oxygen atoms in total. The normalized spacial score (nSPS) is 26.8. The summed E-state index contributed by atoms with van der Waals surface area (Å²) in [6.45, 7) is 5.81. The summed E-state index contributed by atoms with van der Waals surface area (Å²) >= 11 is 0. The van der Waals surface area contributed by atoms with E-state index in [0.29, 0.717) is 6.54 Å². The van der Waals surface area contributed by atoms with E-state index in [1.54, 1.807) is 0 Å². The Bertz CT molecular complexity index is 1020. The summed E-state index contributed by atoms with van der Waals surface area (Å²) in [6.07, 6.45) is 12.4. The van der Waals surface area contributed by atoms with Crippen LogP contribution in [0.5, 0.6) is 0 Å². The number of hydrogen-bond acceptors (Lipinski definition) is 7. The molecule has 3 aliphatic rings. The molecule has 2 aromatic heterocycles. The quantitative estimate of drug-likeness (QED) is 0.609. The van der Waals surface area contributed by atoms with E-state index in [-0.39, 0.29) is 40.4 Å². The first-order valence-electron chi connectivity index (χ1n) is 13.2. The molecule has 0 radical (unpaired) electrons. The number of carbonyl (C=O) groups is 1. The second-order valence-electron chi connectivity index (χ2n) is 10.8. The van der Waals surface area contributed by atoms with E-state index in [1.165, 1.54) is 62.1 Å². The Balaban J connectivity index is 1.45. The molecule has 2 saturated heterocycles. The number of piperidine rings is 1. The van der Waals surface area contributed by atoms with Crippen molar-refractivity contribution in [3.63, 3.8) is 0 Å². The van der Waals surface area contributed by atoms with Crippen molar-refractivity contribution in [1.82, 2.24) is 35.0 Å². The lowest BCUT2D eigenvalue weighted by atomic mass is 9.67. The first-order chi connectivity index (χ1) is 17.0. The molecule has 4 N–H and O–H groups in total. The topological polar surface area (TPSA) is 104 Å². The summed E-state index contributed by atoms with van der Waals surface area (Å²) in [4.78, 5) is 22.7. The summed E-state index contributed by atoms with van der Waals surface area (Å²) in [5.74, 6) is -0.749. The number of hydrogen-bond donors (Lipinski definition) is 3. The van der Waals surface area contributed by atoms with Gasteiger partial charge < -0.3 is 21.3 Å². The molecule has 2 atom stereocenters. The number of piperazine rings is 1. The fourth-order valence-corrected chi connectivity index (χ4v) is 6.64. The second-order valence-corrected chi connectivity index (χ2v) is 10.8. The fourth-order valence-electron chi connectivity index (χ4n) is 6.64. The van der Waals surface area contributed by atoms with Crippen LogP contribution in [0.25, 0.3) is 5.65 Å². The summed E-state index contributed by atoms with van der Waals surface area (Å²) in [5.41, 5.74) is 6.73. The Labute approximate surface area is 206 Å². The third kappa shape index (κ3) is 5.01. The molecule has 0 bridgehead atoms. The predicted octanol–water partition coefficient (Wildman–Crippen LogP) is 1.89. The summed E-state index contributed by atoms with van der Waals surface area (Å²) in [7, 11) is 2.18. The van der Waals surface area contributed by atoms with Gasteiger partial charge in [-0.1, -0.05) is 38.5 Å². The van der Waals surface area contributed by atoms with Gasteiger partial charge in [0, 0.05) is 50.7 Å². The third-order valence-electron chi connectivity index (χ3n) is 8.39. The van der Waals surface area contributed by atoms with E-state index in [4.69, 9.17) is 5.73 Å². The molecule has 0 aromatic carbocycles. The van der Waals surface area contributed by atoms with E-state index in [0.717, 1.165) is 38.9 Å². The molecule has 192 valence electrons. The molecule has 1 saturated carbocycles. The zero-order chi connectivity index (χ0) is 24.4. The van der Waals surface area contributed by atoms with Gasteiger partial charge in [0.2, 0.25) is 0 Å². The molecule has 1 aliphatic carbocycles. The van der Waals surface area contributed by atoms with Crippen molar-refractivity contribution >= 4 is 17.4 Å². The zero-order valence-corrected chi connectivity index (χ0v) is 20.8. The van der Waals surface area contributed by atoms with Gasteiger partial charge in [0.25, 0.3) is 5.91 Å². The highest BCUT2D eigenvalue weighted by molar-refractivity contribution is 6.04. The van der Waals surface area contributed by atoms with Crippen LogP contribution < -0.4 is 16.4 Å². The minimum Gasteiger partial charge on any atom is -0.381 e. The number of rotatable bonds is 3. The van der Waals surface area contributed by atoms with Crippen LogP contribution in [0.4, 0.5) is 10.2 Å². The first kappa shape index (κ1) is 24.4. The Morgan fingerprint density at radius 3 is 2.54 bits per heavy atom. The average molecular weight is 487 g/mol. The molecule has 5 rings (SSSR count).